The zero-order valence-electron chi connectivity index (χ0n) is 6.03. The van der Waals surface area contributed by atoms with E-state index in [4.69, 9.17) is 4.74 Å². The van der Waals surface area contributed by atoms with Gasteiger partial charge < -0.3 is 0 Å². The Balaban J connectivity index is 3.09. The van der Waals surface area contributed by atoms with Gasteiger partial charge in [0.1, 0.15) is 0 Å². The summed E-state index contributed by atoms with van der Waals surface area (Å²) in [6.45, 7) is 0. The monoisotopic (exact) mass is 215 g/mol. The first-order valence-electron chi connectivity index (χ1n) is 3.08. The van der Waals surface area contributed by atoms with Gasteiger partial charge in [0.25, 0.3) is 0 Å². The molecule has 1 rings (SSSR count). The summed E-state index contributed by atoms with van der Waals surface area (Å²) in [5, 5.41) is 0. The predicted molar refractivity (Wildman–Crippen MR) is 43.8 cm³/mol. The maximum atomic E-state index is 10.4. The number of carbonyl (C=O) groups excluding carboxylic acids is 1. The standard InChI is InChI=1S/C8H7O2Se/c1-10-7-3-2-6(5-9)8(11)4-7/h2-5H,1H3. The third-order valence-corrected chi connectivity index (χ3v) is 2.09. The van der Waals surface area contributed by atoms with Gasteiger partial charge in [-0.05, 0) is 0 Å². The number of aldehydes is 1. The Labute approximate surface area is 73.4 Å². The van der Waals surface area contributed by atoms with Crippen LogP contribution in [0.3, 0.4) is 0 Å². The summed E-state index contributed by atoms with van der Waals surface area (Å²) < 4.78 is 5.78. The molecule has 0 fully saturated rings. The number of carbonyl (C=O) groups is 1. The van der Waals surface area contributed by atoms with E-state index in [-0.39, 0.29) is 0 Å². The number of rotatable bonds is 2. The van der Waals surface area contributed by atoms with Gasteiger partial charge in [-0.15, -0.1) is 0 Å². The molecule has 0 aliphatic rings. The van der Waals surface area contributed by atoms with Gasteiger partial charge in [-0.2, -0.15) is 0 Å². The number of benzene rings is 1. The molecule has 0 saturated heterocycles. The van der Waals surface area contributed by atoms with Crippen LogP contribution in [-0.2, 0) is 0 Å². The van der Waals surface area contributed by atoms with Crippen molar-refractivity contribution < 1.29 is 9.53 Å². The Hall–Kier alpha value is -0.791. The van der Waals surface area contributed by atoms with E-state index in [1.54, 1.807) is 25.3 Å². The second kappa shape index (κ2) is 3.56. The molecule has 0 N–H and O–H groups in total. The second-order valence-electron chi connectivity index (χ2n) is 2.02. The molecule has 0 aliphatic carbocycles. The molecule has 0 unspecified atom stereocenters. The zero-order valence-corrected chi connectivity index (χ0v) is 7.75. The minimum atomic E-state index is 0.658. The van der Waals surface area contributed by atoms with Crippen LogP contribution in [0.25, 0.3) is 0 Å². The normalized spacial score (nSPS) is 9.18. The predicted octanol–water partition coefficient (Wildman–Crippen LogP) is 0.301. The Morgan fingerprint density at radius 3 is 2.73 bits per heavy atom. The van der Waals surface area contributed by atoms with E-state index in [9.17, 15) is 4.79 Å². The first-order chi connectivity index (χ1) is 5.27. The molecule has 0 spiro atoms. The molecule has 0 bridgehead atoms. The van der Waals surface area contributed by atoms with Crippen LogP contribution in [0.2, 0.25) is 0 Å². The first-order valence-corrected chi connectivity index (χ1v) is 3.94. The van der Waals surface area contributed by atoms with Crippen LogP contribution in [-0.4, -0.2) is 29.4 Å². The van der Waals surface area contributed by atoms with E-state index in [1.807, 2.05) is 0 Å². The van der Waals surface area contributed by atoms with Crippen molar-refractivity contribution in [1.82, 2.24) is 0 Å². The fourth-order valence-electron chi connectivity index (χ4n) is 0.739. The molecule has 0 aliphatic heterocycles. The molecule has 11 heavy (non-hydrogen) atoms. The van der Waals surface area contributed by atoms with Crippen molar-refractivity contribution in [1.29, 1.82) is 0 Å². The third-order valence-electron chi connectivity index (χ3n) is 1.35. The molecule has 0 aromatic heterocycles. The van der Waals surface area contributed by atoms with Gasteiger partial charge in [0.2, 0.25) is 0 Å². The van der Waals surface area contributed by atoms with E-state index in [1.165, 1.54) is 0 Å². The van der Waals surface area contributed by atoms with Crippen LogP contribution >= 0.6 is 0 Å². The molecule has 1 radical (unpaired) electrons. The molecule has 2 nitrogen and oxygen atoms in total. The van der Waals surface area contributed by atoms with Gasteiger partial charge in [0.05, 0.1) is 0 Å². The van der Waals surface area contributed by atoms with Gasteiger partial charge in [-0.1, -0.05) is 0 Å². The van der Waals surface area contributed by atoms with E-state index < -0.39 is 0 Å². The average molecular weight is 214 g/mol. The van der Waals surface area contributed by atoms with Gasteiger partial charge in [-0.3, -0.25) is 0 Å². The summed E-state index contributed by atoms with van der Waals surface area (Å²) in [7, 11) is 1.59. The fraction of sp³-hybridized carbons (Fsp3) is 0.125. The summed E-state index contributed by atoms with van der Waals surface area (Å²) in [5.41, 5.74) is 0.658. The van der Waals surface area contributed by atoms with E-state index in [2.05, 4.69) is 16.0 Å². The Bertz CT molecular complexity index is 271. The van der Waals surface area contributed by atoms with Crippen molar-refractivity contribution in [3.8, 4) is 5.75 Å². The second-order valence-corrected chi connectivity index (χ2v) is 2.94. The van der Waals surface area contributed by atoms with Gasteiger partial charge >= 0.3 is 72.9 Å². The Morgan fingerprint density at radius 2 is 2.27 bits per heavy atom. The van der Waals surface area contributed by atoms with Gasteiger partial charge in [0.15, 0.2) is 0 Å². The van der Waals surface area contributed by atoms with Crippen molar-refractivity contribution in [2.45, 2.75) is 0 Å². The van der Waals surface area contributed by atoms with E-state index in [0.29, 0.717) is 5.56 Å². The fourth-order valence-corrected chi connectivity index (χ4v) is 1.23. The summed E-state index contributed by atoms with van der Waals surface area (Å²) >= 11 is 2.78. The minimum absolute atomic E-state index is 0.658. The van der Waals surface area contributed by atoms with Crippen molar-refractivity contribution in [3.05, 3.63) is 23.8 Å². The summed E-state index contributed by atoms with van der Waals surface area (Å²) in [6, 6.07) is 5.26. The van der Waals surface area contributed by atoms with Crippen LogP contribution in [0.15, 0.2) is 18.2 Å². The molecule has 0 saturated carbocycles. The zero-order chi connectivity index (χ0) is 8.27. The van der Waals surface area contributed by atoms with Crippen LogP contribution in [0, 0.1) is 0 Å². The van der Waals surface area contributed by atoms with E-state index in [0.717, 1.165) is 16.5 Å². The van der Waals surface area contributed by atoms with Crippen LogP contribution in [0.4, 0.5) is 0 Å². The van der Waals surface area contributed by atoms with Crippen molar-refractivity contribution >= 4 is 26.8 Å². The third kappa shape index (κ3) is 1.82. The van der Waals surface area contributed by atoms with Gasteiger partial charge in [-0.25, -0.2) is 0 Å². The number of hydrogen-bond donors (Lipinski definition) is 0. The number of hydrogen-bond acceptors (Lipinski definition) is 2. The van der Waals surface area contributed by atoms with Crippen LogP contribution in [0.5, 0.6) is 5.75 Å². The summed E-state index contributed by atoms with van der Waals surface area (Å²) in [6.07, 6.45) is 0.811. The summed E-state index contributed by atoms with van der Waals surface area (Å²) in [5.74, 6) is 0.754. The SMILES string of the molecule is COc1ccc(C=O)c([Se])c1. The molecular formula is C8H7O2Se. The summed E-state index contributed by atoms with van der Waals surface area (Å²) in [4.78, 5) is 10.4. The molecule has 57 valence electrons. The van der Waals surface area contributed by atoms with Crippen molar-refractivity contribution in [3.63, 3.8) is 0 Å². The molecule has 1 aromatic rings. The molecule has 1 aromatic carbocycles. The van der Waals surface area contributed by atoms with Crippen molar-refractivity contribution in [2.24, 2.45) is 0 Å². The molecule has 0 atom stereocenters. The Morgan fingerprint density at radius 1 is 1.55 bits per heavy atom. The number of ether oxygens (including phenoxy) is 1. The molecule has 0 amide bonds. The van der Waals surface area contributed by atoms with Crippen molar-refractivity contribution in [2.75, 3.05) is 7.11 Å². The average Bonchev–Trinajstić information content (AvgIpc) is 2.04. The van der Waals surface area contributed by atoms with Crippen LogP contribution < -0.4 is 9.20 Å². The maximum absolute atomic E-state index is 10.4. The van der Waals surface area contributed by atoms with Crippen LogP contribution in [0.1, 0.15) is 10.4 Å². The molecule has 0 heterocycles. The van der Waals surface area contributed by atoms with E-state index >= 15 is 0 Å². The molecular weight excluding hydrogens is 207 g/mol. The van der Waals surface area contributed by atoms with Gasteiger partial charge in [0, 0.05) is 0 Å². The Kier molecular flexibility index (Phi) is 2.69. The first kappa shape index (κ1) is 8.31. The quantitative estimate of drug-likeness (QED) is 0.523. The number of methoxy groups -OCH3 is 1. The molecule has 3 heteroatoms. The topological polar surface area (TPSA) is 26.3 Å².